The average molecular weight is 356 g/mol. The summed E-state index contributed by atoms with van der Waals surface area (Å²) in [6, 6.07) is 2.15. The number of fused-ring (bicyclic) bond motifs is 5. The summed E-state index contributed by atoms with van der Waals surface area (Å²) in [4.78, 5) is 11.3. The van der Waals surface area contributed by atoms with Crippen LogP contribution in [0.4, 0.5) is 0 Å². The number of esters is 1. The monoisotopic (exact) mass is 356 g/mol. The fourth-order valence-electron chi connectivity index (χ4n) is 7.27. The van der Waals surface area contributed by atoms with Crippen LogP contribution in [0.2, 0.25) is 0 Å². The molecule has 0 unspecified atom stereocenters. The molecule has 0 aromatic carbocycles. The number of hydrogen-bond acceptors (Lipinski definition) is 4. The Labute approximate surface area is 154 Å². The van der Waals surface area contributed by atoms with Gasteiger partial charge in [-0.15, -0.1) is 0 Å². The number of carbonyl (C=O) groups excluding carboxylic acids is 1. The Kier molecular flexibility index (Phi) is 3.35. The van der Waals surface area contributed by atoms with Crippen LogP contribution in [-0.2, 0) is 9.53 Å². The van der Waals surface area contributed by atoms with Crippen molar-refractivity contribution in [3.63, 3.8) is 0 Å². The summed E-state index contributed by atoms with van der Waals surface area (Å²) in [6.07, 6.45) is 12.7. The SMILES string of the molecule is CC(=O)OC[C@@]1(O)C[C@@]23CC[C@@H]4c5ccoc5C=C[C@@]4(C)[C@@H]2CC[C@H]1C3. The highest BCUT2D eigenvalue weighted by Gasteiger charge is 2.65. The maximum absolute atomic E-state index is 11.3. The van der Waals surface area contributed by atoms with Gasteiger partial charge in [-0.05, 0) is 79.3 Å². The topological polar surface area (TPSA) is 59.7 Å². The van der Waals surface area contributed by atoms with Crippen molar-refractivity contribution in [3.05, 3.63) is 29.7 Å². The van der Waals surface area contributed by atoms with E-state index >= 15 is 0 Å². The summed E-state index contributed by atoms with van der Waals surface area (Å²) in [6.45, 7) is 4.00. The van der Waals surface area contributed by atoms with Crippen LogP contribution in [0.3, 0.4) is 0 Å². The molecule has 4 aliphatic rings. The van der Waals surface area contributed by atoms with E-state index in [1.807, 2.05) is 6.26 Å². The zero-order chi connectivity index (χ0) is 18.2. The van der Waals surface area contributed by atoms with E-state index in [-0.39, 0.29) is 29.3 Å². The number of furan rings is 1. The van der Waals surface area contributed by atoms with Gasteiger partial charge in [-0.3, -0.25) is 4.79 Å². The lowest BCUT2D eigenvalue weighted by molar-refractivity contribution is -0.151. The lowest BCUT2D eigenvalue weighted by Crippen LogP contribution is -2.49. The Bertz CT molecular complexity index is 779. The molecule has 3 saturated carbocycles. The second-order valence-electron chi connectivity index (χ2n) is 9.48. The first kappa shape index (κ1) is 16.6. The van der Waals surface area contributed by atoms with Crippen LogP contribution in [0.25, 0.3) is 6.08 Å². The molecule has 4 aliphatic carbocycles. The third-order valence-corrected chi connectivity index (χ3v) is 8.27. The minimum Gasteiger partial charge on any atom is -0.465 e. The predicted octanol–water partition coefficient (Wildman–Crippen LogP) is 4.29. The quantitative estimate of drug-likeness (QED) is 0.803. The fraction of sp³-hybridized carbons (Fsp3) is 0.682. The molecule has 4 nitrogen and oxygen atoms in total. The Morgan fingerprint density at radius 1 is 1.38 bits per heavy atom. The van der Waals surface area contributed by atoms with Crippen LogP contribution in [0, 0.1) is 22.7 Å². The molecule has 0 radical (unpaired) electrons. The van der Waals surface area contributed by atoms with Gasteiger partial charge in [-0.25, -0.2) is 0 Å². The zero-order valence-corrected chi connectivity index (χ0v) is 15.7. The van der Waals surface area contributed by atoms with Gasteiger partial charge in [0.1, 0.15) is 18.0 Å². The highest BCUT2D eigenvalue weighted by atomic mass is 16.5. The van der Waals surface area contributed by atoms with Gasteiger partial charge in [0.25, 0.3) is 0 Å². The number of rotatable bonds is 2. The van der Waals surface area contributed by atoms with Crippen LogP contribution < -0.4 is 0 Å². The molecule has 0 amide bonds. The maximum atomic E-state index is 11.3. The third-order valence-electron chi connectivity index (χ3n) is 8.27. The van der Waals surface area contributed by atoms with E-state index in [1.165, 1.54) is 12.5 Å². The summed E-state index contributed by atoms with van der Waals surface area (Å²) in [5.41, 5.74) is 0.810. The molecule has 2 bridgehead atoms. The summed E-state index contributed by atoms with van der Waals surface area (Å²) in [7, 11) is 0. The molecule has 0 saturated heterocycles. The molecule has 140 valence electrons. The molecule has 26 heavy (non-hydrogen) atoms. The summed E-state index contributed by atoms with van der Waals surface area (Å²) < 4.78 is 10.9. The lowest BCUT2D eigenvalue weighted by Gasteiger charge is -2.58. The van der Waals surface area contributed by atoms with Crippen molar-refractivity contribution in [1.82, 2.24) is 0 Å². The molecule has 1 spiro atoms. The van der Waals surface area contributed by atoms with Crippen LogP contribution in [0.15, 0.2) is 22.8 Å². The van der Waals surface area contributed by atoms with Crippen molar-refractivity contribution in [2.24, 2.45) is 22.7 Å². The number of ether oxygens (including phenoxy) is 1. The molecule has 1 aromatic rings. The van der Waals surface area contributed by atoms with Gasteiger partial charge in [0.15, 0.2) is 0 Å². The summed E-state index contributed by atoms with van der Waals surface area (Å²) >= 11 is 0. The van der Waals surface area contributed by atoms with Gasteiger partial charge >= 0.3 is 5.97 Å². The third kappa shape index (κ3) is 2.08. The molecule has 0 aliphatic heterocycles. The van der Waals surface area contributed by atoms with Crippen LogP contribution in [-0.4, -0.2) is 23.3 Å². The molecular weight excluding hydrogens is 328 g/mol. The minimum absolute atomic E-state index is 0.118. The standard InChI is InChI=1S/C22H28O4/c1-14(23)26-13-22(24)12-21-9-5-17-16-7-10-25-18(16)6-8-20(17,2)19(21)4-3-15(22)11-21/h6-8,10,15,17,19,24H,3-5,9,11-13H2,1-2H3/t15-,17+,19-,20+,21-,22-/m0/s1. The molecule has 1 aromatic heterocycles. The van der Waals surface area contributed by atoms with E-state index in [2.05, 4.69) is 25.1 Å². The van der Waals surface area contributed by atoms with Crippen molar-refractivity contribution >= 4 is 12.0 Å². The second kappa shape index (κ2) is 5.25. The first-order valence-corrected chi connectivity index (χ1v) is 9.99. The highest BCUT2D eigenvalue weighted by Crippen LogP contribution is 2.71. The van der Waals surface area contributed by atoms with Gasteiger partial charge in [0.05, 0.1) is 6.26 Å². The number of aliphatic hydroxyl groups is 1. The van der Waals surface area contributed by atoms with Crippen molar-refractivity contribution < 1.29 is 19.1 Å². The fourth-order valence-corrected chi connectivity index (χ4v) is 7.27. The Hall–Kier alpha value is -1.55. The van der Waals surface area contributed by atoms with Crippen molar-refractivity contribution in [2.45, 2.75) is 63.9 Å². The van der Waals surface area contributed by atoms with E-state index < -0.39 is 5.60 Å². The van der Waals surface area contributed by atoms with Crippen LogP contribution >= 0.6 is 0 Å². The van der Waals surface area contributed by atoms with Crippen molar-refractivity contribution in [1.29, 1.82) is 0 Å². The van der Waals surface area contributed by atoms with Gasteiger partial charge in [-0.2, -0.15) is 0 Å². The minimum atomic E-state index is -0.844. The Balaban J connectivity index is 1.48. The van der Waals surface area contributed by atoms with Gasteiger partial charge < -0.3 is 14.3 Å². The van der Waals surface area contributed by atoms with E-state index in [4.69, 9.17) is 9.15 Å². The Morgan fingerprint density at radius 3 is 3.04 bits per heavy atom. The molecule has 3 fully saturated rings. The van der Waals surface area contributed by atoms with Crippen molar-refractivity contribution in [2.75, 3.05) is 6.61 Å². The van der Waals surface area contributed by atoms with E-state index in [9.17, 15) is 9.90 Å². The summed E-state index contributed by atoms with van der Waals surface area (Å²) in [5.74, 6) is 2.06. The highest BCUT2D eigenvalue weighted by molar-refractivity contribution is 5.66. The average Bonchev–Trinajstić information content (AvgIpc) is 3.14. The Morgan fingerprint density at radius 2 is 2.23 bits per heavy atom. The molecular formula is C22H28O4. The van der Waals surface area contributed by atoms with E-state index in [0.29, 0.717) is 11.8 Å². The first-order chi connectivity index (χ1) is 12.4. The first-order valence-electron chi connectivity index (χ1n) is 9.99. The zero-order valence-electron chi connectivity index (χ0n) is 15.7. The van der Waals surface area contributed by atoms with Gasteiger partial charge in [0.2, 0.25) is 0 Å². The van der Waals surface area contributed by atoms with E-state index in [0.717, 1.165) is 44.3 Å². The largest absolute Gasteiger partial charge is 0.465 e. The molecule has 6 atom stereocenters. The molecule has 1 heterocycles. The number of allylic oxidation sites excluding steroid dienone is 1. The van der Waals surface area contributed by atoms with Crippen LogP contribution in [0.1, 0.15) is 69.6 Å². The molecule has 1 N–H and O–H groups in total. The lowest BCUT2D eigenvalue weighted by atomic mass is 9.46. The smallest absolute Gasteiger partial charge is 0.302 e. The normalized spacial score (nSPS) is 45.6. The maximum Gasteiger partial charge on any atom is 0.302 e. The number of carbonyl (C=O) groups is 1. The molecule has 4 heteroatoms. The predicted molar refractivity (Wildman–Crippen MR) is 97.3 cm³/mol. The second-order valence-corrected chi connectivity index (χ2v) is 9.48. The van der Waals surface area contributed by atoms with Gasteiger partial charge in [0, 0.05) is 12.5 Å². The molecule has 5 rings (SSSR count). The van der Waals surface area contributed by atoms with E-state index in [1.54, 1.807) is 0 Å². The van der Waals surface area contributed by atoms with Crippen molar-refractivity contribution in [3.8, 4) is 0 Å². The summed E-state index contributed by atoms with van der Waals surface area (Å²) in [5, 5.41) is 11.3. The number of hydrogen-bond donors (Lipinski definition) is 1. The van der Waals surface area contributed by atoms with Crippen LogP contribution in [0.5, 0.6) is 0 Å². The van der Waals surface area contributed by atoms with Gasteiger partial charge in [-0.1, -0.05) is 13.0 Å².